The smallest absolute Gasteiger partial charge is 0.268 e. The normalized spacial score (nSPS) is 20.8. The van der Waals surface area contributed by atoms with Gasteiger partial charge in [0.1, 0.15) is 10.5 Å². The molecule has 0 aromatic carbocycles. The Kier molecular flexibility index (Phi) is 3.15. The van der Waals surface area contributed by atoms with E-state index in [1.807, 2.05) is 11.4 Å². The third-order valence-corrected chi connectivity index (χ3v) is 4.27. The summed E-state index contributed by atoms with van der Waals surface area (Å²) in [7, 11) is 0. The van der Waals surface area contributed by atoms with Crippen LogP contribution in [0, 0.1) is 5.92 Å². The first-order valence-corrected chi connectivity index (χ1v) is 6.94. The second kappa shape index (κ2) is 4.79. The van der Waals surface area contributed by atoms with E-state index in [4.69, 9.17) is 5.11 Å². The van der Waals surface area contributed by atoms with E-state index in [0.29, 0.717) is 23.0 Å². The largest absolute Gasteiger partial charge is 0.396 e. The fraction of sp³-hybridized carbons (Fsp3) is 0.500. The summed E-state index contributed by atoms with van der Waals surface area (Å²) in [6.07, 6.45) is 1.02. The second-order valence-corrected chi connectivity index (χ2v) is 5.64. The lowest BCUT2D eigenvalue weighted by Gasteiger charge is -2.14. The maximum absolute atomic E-state index is 11.8. The molecule has 2 aromatic heterocycles. The molecule has 2 N–H and O–H groups in total. The first-order valence-electron chi connectivity index (χ1n) is 6.06. The lowest BCUT2D eigenvalue weighted by atomic mass is 10.1. The Morgan fingerprint density at radius 3 is 3.28 bits per heavy atom. The third kappa shape index (κ3) is 2.19. The van der Waals surface area contributed by atoms with E-state index >= 15 is 0 Å². The molecule has 0 bridgehead atoms. The maximum Gasteiger partial charge on any atom is 0.268 e. The summed E-state index contributed by atoms with van der Waals surface area (Å²) < 4.78 is 0.688. The Hall–Kier alpha value is -1.24. The van der Waals surface area contributed by atoms with Gasteiger partial charge in [0.2, 0.25) is 0 Å². The minimum absolute atomic E-state index is 0.0529. The molecule has 0 radical (unpaired) electrons. The Bertz CT molecular complexity index is 607. The molecule has 3 heterocycles. The number of fused-ring (bicyclic) bond motifs is 1. The van der Waals surface area contributed by atoms with Crippen LogP contribution in [0.15, 0.2) is 16.2 Å². The summed E-state index contributed by atoms with van der Waals surface area (Å²) in [5.41, 5.74) is 0.722. The number of rotatable bonds is 3. The van der Waals surface area contributed by atoms with Crippen LogP contribution in [-0.2, 0) is 6.54 Å². The molecular weight excluding hydrogens is 250 g/mol. The summed E-state index contributed by atoms with van der Waals surface area (Å²) in [5, 5.41) is 11.0. The number of nitrogens with one attached hydrogen (secondary N) is 1. The molecule has 3 rings (SSSR count). The highest BCUT2D eigenvalue weighted by atomic mass is 32.1. The lowest BCUT2D eigenvalue weighted by Crippen LogP contribution is -2.24. The van der Waals surface area contributed by atoms with E-state index in [1.54, 1.807) is 0 Å². The van der Waals surface area contributed by atoms with Gasteiger partial charge in [-0.3, -0.25) is 9.69 Å². The first-order chi connectivity index (χ1) is 8.76. The van der Waals surface area contributed by atoms with Crippen LogP contribution in [0.1, 0.15) is 12.2 Å². The fourth-order valence-corrected chi connectivity index (χ4v) is 3.14. The van der Waals surface area contributed by atoms with E-state index in [0.717, 1.165) is 25.0 Å². The molecular formula is C12H15N3O2S. The van der Waals surface area contributed by atoms with Crippen molar-refractivity contribution in [2.45, 2.75) is 13.0 Å². The molecule has 1 fully saturated rings. The Morgan fingerprint density at radius 1 is 1.61 bits per heavy atom. The molecule has 18 heavy (non-hydrogen) atoms. The zero-order valence-corrected chi connectivity index (χ0v) is 10.7. The van der Waals surface area contributed by atoms with Gasteiger partial charge in [0.15, 0.2) is 0 Å². The quantitative estimate of drug-likeness (QED) is 0.861. The molecule has 96 valence electrons. The number of hydrogen-bond donors (Lipinski definition) is 2. The van der Waals surface area contributed by atoms with Gasteiger partial charge in [-0.1, -0.05) is 0 Å². The average molecular weight is 265 g/mol. The predicted octanol–water partition coefficient (Wildman–Crippen LogP) is 0.799. The van der Waals surface area contributed by atoms with E-state index in [2.05, 4.69) is 14.9 Å². The summed E-state index contributed by atoms with van der Waals surface area (Å²) in [5.74, 6) is 1.08. The van der Waals surface area contributed by atoms with Crippen LogP contribution in [0.4, 0.5) is 0 Å². The molecule has 0 saturated carbocycles. The van der Waals surface area contributed by atoms with E-state index < -0.39 is 0 Å². The van der Waals surface area contributed by atoms with Crippen LogP contribution in [-0.4, -0.2) is 39.7 Å². The van der Waals surface area contributed by atoms with Crippen molar-refractivity contribution in [3.63, 3.8) is 0 Å². The van der Waals surface area contributed by atoms with Crippen molar-refractivity contribution >= 4 is 21.6 Å². The molecule has 2 aromatic rings. The number of H-pyrrole nitrogens is 1. The predicted molar refractivity (Wildman–Crippen MR) is 70.7 cm³/mol. The van der Waals surface area contributed by atoms with Gasteiger partial charge < -0.3 is 10.1 Å². The molecule has 1 aliphatic rings. The van der Waals surface area contributed by atoms with Crippen LogP contribution in [0.5, 0.6) is 0 Å². The van der Waals surface area contributed by atoms with Gasteiger partial charge in [0.25, 0.3) is 5.56 Å². The molecule has 1 atom stereocenters. The van der Waals surface area contributed by atoms with Gasteiger partial charge >= 0.3 is 0 Å². The number of thiophene rings is 1. The van der Waals surface area contributed by atoms with Crippen LogP contribution in [0.3, 0.4) is 0 Å². The molecule has 1 aliphatic heterocycles. The number of aliphatic hydroxyl groups excluding tert-OH is 1. The number of aliphatic hydroxyl groups is 1. The van der Waals surface area contributed by atoms with Crippen LogP contribution in [0.2, 0.25) is 0 Å². The van der Waals surface area contributed by atoms with Crippen molar-refractivity contribution in [1.29, 1.82) is 0 Å². The first kappa shape index (κ1) is 11.8. The van der Waals surface area contributed by atoms with Crippen molar-refractivity contribution < 1.29 is 5.11 Å². The molecule has 1 saturated heterocycles. The fourth-order valence-electron chi connectivity index (χ4n) is 2.41. The number of nitrogens with zero attached hydrogens (tertiary/aromatic N) is 2. The van der Waals surface area contributed by atoms with Crippen molar-refractivity contribution in [1.82, 2.24) is 14.9 Å². The Morgan fingerprint density at radius 2 is 2.50 bits per heavy atom. The SMILES string of the molecule is O=c1[nH]c(CN2CCC(CO)C2)nc2ccsc12. The van der Waals surface area contributed by atoms with Gasteiger partial charge in [-0.15, -0.1) is 11.3 Å². The van der Waals surface area contributed by atoms with Gasteiger partial charge in [-0.2, -0.15) is 0 Å². The van der Waals surface area contributed by atoms with Crippen LogP contribution < -0.4 is 5.56 Å². The molecule has 0 amide bonds. The van der Waals surface area contributed by atoms with Gasteiger partial charge in [-0.05, 0) is 30.3 Å². The molecule has 5 nitrogen and oxygen atoms in total. The van der Waals surface area contributed by atoms with Crippen LogP contribution >= 0.6 is 11.3 Å². The maximum atomic E-state index is 11.8. The standard InChI is InChI=1S/C12H15N3O2S/c16-7-8-1-3-15(5-8)6-10-13-9-2-4-18-11(9)12(17)14-10/h2,4,8,16H,1,3,5-7H2,(H,13,14,17). The van der Waals surface area contributed by atoms with Crippen LogP contribution in [0.25, 0.3) is 10.2 Å². The summed E-state index contributed by atoms with van der Waals surface area (Å²) in [4.78, 5) is 21.3. The number of aromatic amines is 1. The number of aromatic nitrogens is 2. The second-order valence-electron chi connectivity index (χ2n) is 4.72. The minimum Gasteiger partial charge on any atom is -0.396 e. The highest BCUT2D eigenvalue weighted by Gasteiger charge is 2.22. The Balaban J connectivity index is 1.81. The highest BCUT2D eigenvalue weighted by molar-refractivity contribution is 7.17. The number of hydrogen-bond acceptors (Lipinski definition) is 5. The highest BCUT2D eigenvalue weighted by Crippen LogP contribution is 2.18. The van der Waals surface area contributed by atoms with E-state index in [1.165, 1.54) is 11.3 Å². The summed E-state index contributed by atoms with van der Waals surface area (Å²) in [6.45, 7) is 2.72. The topological polar surface area (TPSA) is 69.2 Å². The van der Waals surface area contributed by atoms with E-state index in [-0.39, 0.29) is 12.2 Å². The van der Waals surface area contributed by atoms with Crippen molar-refractivity contribution in [3.8, 4) is 0 Å². The summed E-state index contributed by atoms with van der Waals surface area (Å²) >= 11 is 1.42. The zero-order chi connectivity index (χ0) is 12.5. The third-order valence-electron chi connectivity index (χ3n) is 3.37. The lowest BCUT2D eigenvalue weighted by molar-refractivity contribution is 0.219. The van der Waals surface area contributed by atoms with Crippen molar-refractivity contribution in [2.75, 3.05) is 19.7 Å². The van der Waals surface area contributed by atoms with Crippen molar-refractivity contribution in [3.05, 3.63) is 27.6 Å². The van der Waals surface area contributed by atoms with Gasteiger partial charge in [-0.25, -0.2) is 4.98 Å². The Labute approximate surface area is 108 Å². The average Bonchev–Trinajstić information content (AvgIpc) is 2.97. The van der Waals surface area contributed by atoms with Gasteiger partial charge in [0.05, 0.1) is 12.1 Å². The van der Waals surface area contributed by atoms with Crippen molar-refractivity contribution in [2.24, 2.45) is 5.92 Å². The summed E-state index contributed by atoms with van der Waals surface area (Å²) in [6, 6.07) is 1.87. The monoisotopic (exact) mass is 265 g/mol. The minimum atomic E-state index is -0.0529. The molecule has 1 unspecified atom stereocenters. The molecule has 6 heteroatoms. The molecule has 0 spiro atoms. The molecule has 0 aliphatic carbocycles. The zero-order valence-electron chi connectivity index (χ0n) is 9.93. The number of likely N-dealkylation sites (tertiary alicyclic amines) is 1. The van der Waals surface area contributed by atoms with E-state index in [9.17, 15) is 4.79 Å². The van der Waals surface area contributed by atoms with Gasteiger partial charge in [0, 0.05) is 13.2 Å².